The van der Waals surface area contributed by atoms with Crippen molar-refractivity contribution in [1.29, 1.82) is 0 Å². The van der Waals surface area contributed by atoms with E-state index in [4.69, 9.17) is 14.2 Å². The summed E-state index contributed by atoms with van der Waals surface area (Å²) in [5.74, 6) is -1.08. The fourth-order valence-corrected chi connectivity index (χ4v) is 1.35. The topological polar surface area (TPSA) is 76.6 Å². The first-order valence-corrected chi connectivity index (χ1v) is 6.95. The van der Waals surface area contributed by atoms with E-state index in [2.05, 4.69) is 4.57 Å². The fraction of sp³-hybridized carbons (Fsp3) is 0.714. The molecule has 0 atom stereocenters. The number of methoxy groups -OCH3 is 1. The van der Waals surface area contributed by atoms with Crippen LogP contribution in [0, 0.1) is 0 Å². The minimum Gasteiger partial charge on any atom is -0.550 e. The maximum Gasteiger partial charge on any atom is 0.243 e. The number of carboxylic acid groups (broad SMARTS) is 1. The van der Waals surface area contributed by atoms with Crippen LogP contribution in [0.25, 0.3) is 0 Å². The molecule has 0 spiro atoms. The van der Waals surface area contributed by atoms with Crippen molar-refractivity contribution in [2.45, 2.75) is 19.9 Å². The van der Waals surface area contributed by atoms with Gasteiger partial charge in [-0.2, -0.15) is 0 Å². The van der Waals surface area contributed by atoms with Gasteiger partial charge in [0.2, 0.25) is 6.33 Å². The predicted octanol–water partition coefficient (Wildman–Crippen LogP) is -0.861. The van der Waals surface area contributed by atoms with E-state index < -0.39 is 5.97 Å². The molecular formula is C14H26N2O5. The van der Waals surface area contributed by atoms with Gasteiger partial charge >= 0.3 is 0 Å². The molecule has 0 amide bonds. The number of imidazole rings is 1. The predicted molar refractivity (Wildman–Crippen MR) is 74.4 cm³/mol. The van der Waals surface area contributed by atoms with Gasteiger partial charge in [0, 0.05) is 26.1 Å². The third-order valence-electron chi connectivity index (χ3n) is 2.40. The van der Waals surface area contributed by atoms with E-state index in [0.717, 1.165) is 13.2 Å². The zero-order valence-corrected chi connectivity index (χ0v) is 13.1. The van der Waals surface area contributed by atoms with Gasteiger partial charge in [0.05, 0.1) is 33.5 Å². The lowest BCUT2D eigenvalue weighted by molar-refractivity contribution is -0.671. The van der Waals surface area contributed by atoms with Crippen LogP contribution in [0.4, 0.5) is 0 Å². The Morgan fingerprint density at radius 1 is 1.24 bits per heavy atom. The Balaban J connectivity index is 0.000000382. The van der Waals surface area contributed by atoms with Crippen LogP contribution in [0.5, 0.6) is 0 Å². The Bertz CT molecular complexity index is 368. The summed E-state index contributed by atoms with van der Waals surface area (Å²) in [4.78, 5) is 9.87. The van der Waals surface area contributed by atoms with Crippen LogP contribution in [0.2, 0.25) is 0 Å². The molecule has 1 aromatic heterocycles. The zero-order chi connectivity index (χ0) is 15.9. The second-order valence-corrected chi connectivity index (χ2v) is 4.24. The third kappa shape index (κ3) is 13.3. The quantitative estimate of drug-likeness (QED) is 0.415. The van der Waals surface area contributed by atoms with Crippen molar-refractivity contribution >= 4 is 5.97 Å². The maximum absolute atomic E-state index is 9.87. The second kappa shape index (κ2) is 13.5. The minimum atomic E-state index is -1.08. The molecule has 1 rings (SSSR count). The van der Waals surface area contributed by atoms with Crippen LogP contribution in [0.3, 0.4) is 0 Å². The largest absolute Gasteiger partial charge is 0.550 e. The van der Waals surface area contributed by atoms with Crippen LogP contribution in [0.1, 0.15) is 13.3 Å². The van der Waals surface area contributed by atoms with E-state index in [1.54, 1.807) is 7.11 Å². The molecule has 0 radical (unpaired) electrons. The van der Waals surface area contributed by atoms with E-state index in [9.17, 15) is 9.90 Å². The number of aromatic nitrogens is 2. The molecular weight excluding hydrogens is 276 g/mol. The number of carbonyl (C=O) groups is 1. The summed E-state index contributed by atoms with van der Waals surface area (Å²) in [6.07, 6.45) is 6.01. The number of hydrogen-bond acceptors (Lipinski definition) is 5. The van der Waals surface area contributed by atoms with Gasteiger partial charge in [0.1, 0.15) is 18.9 Å². The summed E-state index contributed by atoms with van der Waals surface area (Å²) in [7, 11) is 3.72. The fourth-order valence-electron chi connectivity index (χ4n) is 1.35. The van der Waals surface area contributed by atoms with Crippen molar-refractivity contribution in [1.82, 2.24) is 4.57 Å². The smallest absolute Gasteiger partial charge is 0.243 e. The molecule has 1 heterocycles. The van der Waals surface area contributed by atoms with Gasteiger partial charge in [0.15, 0.2) is 0 Å². The molecule has 122 valence electrons. The molecule has 0 saturated heterocycles. The average molecular weight is 302 g/mol. The van der Waals surface area contributed by atoms with Gasteiger partial charge in [-0.3, -0.25) is 0 Å². The van der Waals surface area contributed by atoms with E-state index in [-0.39, 0.29) is 13.0 Å². The lowest BCUT2D eigenvalue weighted by Crippen LogP contribution is -2.24. The molecule has 21 heavy (non-hydrogen) atoms. The molecule has 0 saturated carbocycles. The first-order valence-electron chi connectivity index (χ1n) is 6.95. The van der Waals surface area contributed by atoms with E-state index in [0.29, 0.717) is 19.8 Å². The molecule has 0 aliphatic carbocycles. The molecule has 0 aliphatic heterocycles. The standard InChI is InChI=1S/C7H13N2O.C7H14O4/c1-8-3-4-9(7-8)5-6-10-2;1-2-10-5-6-11-4-3-7(8)9/h3-4,7H,5-6H2,1-2H3;2-6H2,1H3,(H,8,9)/q+1;/p-1. The molecule has 0 bridgehead atoms. The Kier molecular flexibility index (Phi) is 12.6. The highest BCUT2D eigenvalue weighted by atomic mass is 16.5. The van der Waals surface area contributed by atoms with Crippen molar-refractivity contribution in [2.24, 2.45) is 7.05 Å². The van der Waals surface area contributed by atoms with Crippen molar-refractivity contribution in [3.63, 3.8) is 0 Å². The van der Waals surface area contributed by atoms with Gasteiger partial charge < -0.3 is 24.1 Å². The van der Waals surface area contributed by atoms with E-state index in [1.165, 1.54) is 0 Å². The zero-order valence-electron chi connectivity index (χ0n) is 13.1. The molecule has 0 fully saturated rings. The number of rotatable bonds is 10. The summed E-state index contributed by atoms with van der Waals surface area (Å²) < 4.78 is 18.9. The van der Waals surface area contributed by atoms with E-state index in [1.807, 2.05) is 37.3 Å². The van der Waals surface area contributed by atoms with Crippen molar-refractivity contribution in [3.05, 3.63) is 18.7 Å². The Morgan fingerprint density at radius 2 is 1.95 bits per heavy atom. The Labute approximate surface area is 126 Å². The third-order valence-corrected chi connectivity index (χ3v) is 2.40. The maximum atomic E-state index is 9.87. The normalized spacial score (nSPS) is 10.0. The summed E-state index contributed by atoms with van der Waals surface area (Å²) >= 11 is 0. The molecule has 0 aliphatic rings. The molecule has 0 N–H and O–H groups in total. The lowest BCUT2D eigenvalue weighted by Gasteiger charge is -2.04. The molecule has 0 unspecified atom stereocenters. The summed E-state index contributed by atoms with van der Waals surface area (Å²) in [5.41, 5.74) is 0. The Morgan fingerprint density at radius 3 is 2.48 bits per heavy atom. The summed E-state index contributed by atoms with van der Waals surface area (Å²) in [6.45, 7) is 5.41. The molecule has 0 aromatic carbocycles. The van der Waals surface area contributed by atoms with Gasteiger partial charge in [-0.25, -0.2) is 9.13 Å². The summed E-state index contributed by atoms with van der Waals surface area (Å²) in [5, 5.41) is 9.87. The van der Waals surface area contributed by atoms with Gasteiger partial charge in [-0.15, -0.1) is 0 Å². The van der Waals surface area contributed by atoms with Gasteiger partial charge in [0.25, 0.3) is 0 Å². The van der Waals surface area contributed by atoms with Crippen LogP contribution in [-0.2, 0) is 32.6 Å². The molecule has 7 heteroatoms. The lowest BCUT2D eigenvalue weighted by atomic mass is 10.5. The molecule has 1 aromatic rings. The highest BCUT2D eigenvalue weighted by molar-refractivity contribution is 5.64. The number of hydrogen-bond donors (Lipinski definition) is 0. The summed E-state index contributed by atoms with van der Waals surface area (Å²) in [6, 6.07) is 0. The first-order chi connectivity index (χ1) is 10.1. The van der Waals surface area contributed by atoms with Crippen LogP contribution in [-0.4, -0.2) is 50.7 Å². The second-order valence-electron chi connectivity index (χ2n) is 4.24. The van der Waals surface area contributed by atoms with E-state index >= 15 is 0 Å². The van der Waals surface area contributed by atoms with Crippen LogP contribution in [0.15, 0.2) is 18.7 Å². The minimum absolute atomic E-state index is 0.0495. The highest BCUT2D eigenvalue weighted by Gasteiger charge is 1.96. The number of carbonyl (C=O) groups excluding carboxylic acids is 1. The number of aryl methyl sites for hydroxylation is 1. The van der Waals surface area contributed by atoms with Crippen molar-refractivity contribution in [3.8, 4) is 0 Å². The van der Waals surface area contributed by atoms with Gasteiger partial charge in [-0.05, 0) is 6.92 Å². The average Bonchev–Trinajstić information content (AvgIpc) is 2.86. The SMILES string of the molecule is CCOCCOCCC(=O)[O-].COCCn1cc[n+](C)c1. The highest BCUT2D eigenvalue weighted by Crippen LogP contribution is 1.83. The molecule has 7 nitrogen and oxygen atoms in total. The number of aliphatic carboxylic acids is 1. The first kappa shape index (κ1) is 19.6. The van der Waals surface area contributed by atoms with Crippen molar-refractivity contribution in [2.75, 3.05) is 40.1 Å². The monoisotopic (exact) mass is 302 g/mol. The van der Waals surface area contributed by atoms with Crippen LogP contribution >= 0.6 is 0 Å². The Hall–Kier alpha value is -1.44. The number of ether oxygens (including phenoxy) is 3. The van der Waals surface area contributed by atoms with Gasteiger partial charge in [-0.1, -0.05) is 0 Å². The van der Waals surface area contributed by atoms with Crippen LogP contribution < -0.4 is 9.67 Å². The number of nitrogens with zero attached hydrogens (tertiary/aromatic N) is 2. The van der Waals surface area contributed by atoms with Crippen molar-refractivity contribution < 1.29 is 28.7 Å². The number of carboxylic acids is 1.